The van der Waals surface area contributed by atoms with Crippen LogP contribution in [-0.2, 0) is 6.42 Å². The average molecular weight is 261 g/mol. The van der Waals surface area contributed by atoms with Crippen LogP contribution in [-0.4, -0.2) is 22.1 Å². The predicted molar refractivity (Wildman–Crippen MR) is 74.0 cm³/mol. The minimum Gasteiger partial charge on any atom is -0.348 e. The molecule has 0 unspecified atom stereocenters. The van der Waals surface area contributed by atoms with Gasteiger partial charge in [0.25, 0.3) is 5.91 Å². The van der Waals surface area contributed by atoms with Crippen molar-refractivity contribution in [3.63, 3.8) is 0 Å². The summed E-state index contributed by atoms with van der Waals surface area (Å²) in [6.45, 7) is 4.05. The Morgan fingerprint density at radius 2 is 2.21 bits per heavy atom. The van der Waals surface area contributed by atoms with E-state index >= 15 is 0 Å². The summed E-state index contributed by atoms with van der Waals surface area (Å²) >= 11 is 0. The number of nitrogens with one attached hydrogen (secondary N) is 2. The lowest BCUT2D eigenvalue weighted by Gasteiger charge is -2.19. The third-order valence-corrected chi connectivity index (χ3v) is 5.08. The molecule has 0 aliphatic heterocycles. The van der Waals surface area contributed by atoms with Crippen molar-refractivity contribution in [3.8, 4) is 0 Å². The first-order valence-corrected chi connectivity index (χ1v) is 7.55. The van der Waals surface area contributed by atoms with Gasteiger partial charge in [0, 0.05) is 17.3 Å². The Hall–Kier alpha value is -1.32. The molecular weight excluding hydrogens is 238 g/mol. The summed E-state index contributed by atoms with van der Waals surface area (Å²) in [5, 5.41) is 10.4. The number of amides is 1. The van der Waals surface area contributed by atoms with Gasteiger partial charge in [0.2, 0.25) is 0 Å². The monoisotopic (exact) mass is 261 g/mol. The second-order valence-electron chi connectivity index (χ2n) is 6.04. The average Bonchev–Trinajstić information content (AvgIpc) is 3.06. The highest BCUT2D eigenvalue weighted by Crippen LogP contribution is 2.44. The summed E-state index contributed by atoms with van der Waals surface area (Å²) in [5.74, 6) is 1.58. The van der Waals surface area contributed by atoms with Crippen LogP contribution in [0.4, 0.5) is 0 Å². The number of rotatable bonds is 3. The van der Waals surface area contributed by atoms with Gasteiger partial charge in [-0.3, -0.25) is 9.89 Å². The predicted octanol–water partition coefficient (Wildman–Crippen LogP) is 2.59. The minimum atomic E-state index is 0.00556. The van der Waals surface area contributed by atoms with Crippen molar-refractivity contribution in [2.45, 2.75) is 58.4 Å². The molecule has 1 aromatic heterocycles. The Labute approximate surface area is 114 Å². The molecule has 0 radical (unpaired) electrons. The highest BCUT2D eigenvalue weighted by molar-refractivity contribution is 5.94. The van der Waals surface area contributed by atoms with Crippen LogP contribution >= 0.6 is 0 Å². The highest BCUT2D eigenvalue weighted by atomic mass is 16.2. The molecule has 0 spiro atoms. The molecule has 4 nitrogen and oxygen atoms in total. The van der Waals surface area contributed by atoms with E-state index in [1.807, 2.05) is 6.92 Å². The van der Waals surface area contributed by atoms with Gasteiger partial charge in [-0.05, 0) is 44.4 Å². The minimum absolute atomic E-state index is 0.00556. The zero-order valence-corrected chi connectivity index (χ0v) is 11.8. The lowest BCUT2D eigenvalue weighted by molar-refractivity contribution is 0.0920. The number of nitrogens with zero attached hydrogens (tertiary/aromatic N) is 1. The van der Waals surface area contributed by atoms with Crippen LogP contribution < -0.4 is 5.32 Å². The fourth-order valence-electron chi connectivity index (χ4n) is 3.98. The molecule has 0 saturated heterocycles. The molecule has 1 amide bonds. The third-order valence-electron chi connectivity index (χ3n) is 5.08. The van der Waals surface area contributed by atoms with Crippen LogP contribution in [0.2, 0.25) is 0 Å². The number of carbonyl (C=O) groups is 1. The van der Waals surface area contributed by atoms with E-state index in [1.165, 1.54) is 25.7 Å². The third kappa shape index (κ3) is 2.17. The SMILES string of the molecule is CCc1[nH]nc(C(=O)N[C@H]2CC[C@@H]3CCC[C@@H]32)c1C. The maximum Gasteiger partial charge on any atom is 0.272 e. The molecule has 1 aromatic rings. The van der Waals surface area contributed by atoms with E-state index in [0.29, 0.717) is 17.7 Å². The van der Waals surface area contributed by atoms with Gasteiger partial charge < -0.3 is 5.32 Å². The quantitative estimate of drug-likeness (QED) is 0.878. The molecule has 2 fully saturated rings. The van der Waals surface area contributed by atoms with Crippen LogP contribution in [0, 0.1) is 18.8 Å². The summed E-state index contributed by atoms with van der Waals surface area (Å²) in [7, 11) is 0. The van der Waals surface area contributed by atoms with E-state index in [9.17, 15) is 4.79 Å². The zero-order valence-electron chi connectivity index (χ0n) is 11.8. The van der Waals surface area contributed by atoms with Crippen LogP contribution in [0.5, 0.6) is 0 Å². The van der Waals surface area contributed by atoms with Crippen molar-refractivity contribution in [2.75, 3.05) is 0 Å². The Morgan fingerprint density at radius 3 is 2.95 bits per heavy atom. The normalized spacial score (nSPS) is 29.5. The van der Waals surface area contributed by atoms with Crippen molar-refractivity contribution in [3.05, 3.63) is 17.0 Å². The fraction of sp³-hybridized carbons (Fsp3) is 0.733. The zero-order chi connectivity index (χ0) is 13.4. The molecule has 1 heterocycles. The largest absolute Gasteiger partial charge is 0.348 e. The summed E-state index contributed by atoms with van der Waals surface area (Å²) < 4.78 is 0. The maximum absolute atomic E-state index is 12.3. The van der Waals surface area contributed by atoms with E-state index in [1.54, 1.807) is 0 Å². The van der Waals surface area contributed by atoms with Crippen molar-refractivity contribution >= 4 is 5.91 Å². The van der Waals surface area contributed by atoms with E-state index in [-0.39, 0.29) is 5.91 Å². The summed E-state index contributed by atoms with van der Waals surface area (Å²) in [6, 6.07) is 0.376. The first-order valence-electron chi connectivity index (χ1n) is 7.55. The van der Waals surface area contributed by atoms with E-state index in [2.05, 4.69) is 22.4 Å². The second kappa shape index (κ2) is 4.99. The topological polar surface area (TPSA) is 57.8 Å². The molecule has 19 heavy (non-hydrogen) atoms. The maximum atomic E-state index is 12.3. The fourth-order valence-corrected chi connectivity index (χ4v) is 3.98. The van der Waals surface area contributed by atoms with Crippen molar-refractivity contribution in [1.29, 1.82) is 0 Å². The van der Waals surface area contributed by atoms with Gasteiger partial charge in [-0.15, -0.1) is 0 Å². The lowest BCUT2D eigenvalue weighted by atomic mass is 9.97. The van der Waals surface area contributed by atoms with Crippen molar-refractivity contribution in [2.24, 2.45) is 11.8 Å². The number of carbonyl (C=O) groups excluding carboxylic acids is 1. The van der Waals surface area contributed by atoms with Gasteiger partial charge in [-0.25, -0.2) is 0 Å². The van der Waals surface area contributed by atoms with Gasteiger partial charge in [-0.2, -0.15) is 5.10 Å². The van der Waals surface area contributed by atoms with Crippen molar-refractivity contribution in [1.82, 2.24) is 15.5 Å². The Bertz CT molecular complexity index is 480. The first-order chi connectivity index (χ1) is 9.20. The highest BCUT2D eigenvalue weighted by Gasteiger charge is 2.39. The van der Waals surface area contributed by atoms with Gasteiger partial charge in [0.15, 0.2) is 5.69 Å². The standard InChI is InChI=1S/C15H23N3O/c1-3-12-9(2)14(18-17-12)15(19)16-13-8-7-10-5-4-6-11(10)13/h10-11,13H,3-8H2,1-2H3,(H,16,19)(H,17,18)/t10-,11-,13-/m0/s1. The van der Waals surface area contributed by atoms with E-state index in [4.69, 9.17) is 0 Å². The molecule has 0 aromatic carbocycles. The summed E-state index contributed by atoms with van der Waals surface area (Å²) in [4.78, 5) is 12.3. The van der Waals surface area contributed by atoms with Crippen molar-refractivity contribution < 1.29 is 4.79 Å². The molecular formula is C15H23N3O. The Balaban J connectivity index is 1.69. The van der Waals surface area contributed by atoms with Gasteiger partial charge in [-0.1, -0.05) is 19.8 Å². The number of hydrogen-bond donors (Lipinski definition) is 2. The lowest BCUT2D eigenvalue weighted by Crippen LogP contribution is -2.38. The molecule has 2 aliphatic rings. The van der Waals surface area contributed by atoms with E-state index < -0.39 is 0 Å². The van der Waals surface area contributed by atoms with Crippen LogP contribution in [0.25, 0.3) is 0 Å². The molecule has 4 heteroatoms. The summed E-state index contributed by atoms with van der Waals surface area (Å²) in [5.41, 5.74) is 2.65. The number of H-pyrrole nitrogens is 1. The molecule has 2 N–H and O–H groups in total. The van der Waals surface area contributed by atoms with Crippen LogP contribution in [0.3, 0.4) is 0 Å². The summed E-state index contributed by atoms with van der Waals surface area (Å²) in [6.07, 6.45) is 7.30. The number of hydrogen-bond acceptors (Lipinski definition) is 2. The molecule has 3 rings (SSSR count). The smallest absolute Gasteiger partial charge is 0.272 e. The molecule has 0 bridgehead atoms. The first kappa shape index (κ1) is 12.7. The van der Waals surface area contributed by atoms with Crippen LogP contribution in [0.1, 0.15) is 60.8 Å². The number of aryl methyl sites for hydroxylation is 1. The second-order valence-corrected chi connectivity index (χ2v) is 6.04. The Kier molecular flexibility index (Phi) is 3.33. The van der Waals surface area contributed by atoms with Gasteiger partial charge in [0.05, 0.1) is 0 Å². The molecule has 2 saturated carbocycles. The molecule has 2 aliphatic carbocycles. The Morgan fingerprint density at radius 1 is 1.37 bits per heavy atom. The van der Waals surface area contributed by atoms with E-state index in [0.717, 1.165) is 30.0 Å². The van der Waals surface area contributed by atoms with Gasteiger partial charge >= 0.3 is 0 Å². The number of aromatic nitrogens is 2. The number of aromatic amines is 1. The molecule has 104 valence electrons. The van der Waals surface area contributed by atoms with Crippen LogP contribution in [0.15, 0.2) is 0 Å². The number of fused-ring (bicyclic) bond motifs is 1. The molecule has 3 atom stereocenters. The van der Waals surface area contributed by atoms with Gasteiger partial charge in [0.1, 0.15) is 0 Å².